The molecule has 5 aromatic rings. The maximum Gasteiger partial charge on any atom is 0.420 e. The van der Waals surface area contributed by atoms with Crippen molar-refractivity contribution in [2.24, 2.45) is 0 Å². The Morgan fingerprint density at radius 2 is 1.70 bits per heavy atom. The van der Waals surface area contributed by atoms with Gasteiger partial charge >= 0.3 is 6.09 Å². The van der Waals surface area contributed by atoms with Crippen LogP contribution in [0.3, 0.4) is 0 Å². The Hall–Kier alpha value is -5.24. The molecule has 0 aliphatic heterocycles. The molecule has 0 bridgehead atoms. The zero-order valence-corrected chi connectivity index (χ0v) is 25.3. The van der Waals surface area contributed by atoms with Gasteiger partial charge in [0.15, 0.2) is 11.4 Å². The highest BCUT2D eigenvalue weighted by Crippen LogP contribution is 2.32. The monoisotopic (exact) mass is 617 g/mol. The maximum absolute atomic E-state index is 15.7. The number of carbonyl (C=O) groups is 2. The van der Waals surface area contributed by atoms with Crippen LogP contribution in [0.1, 0.15) is 42.4 Å². The number of aromatic nitrogens is 5. The van der Waals surface area contributed by atoms with Crippen LogP contribution in [0.5, 0.6) is 0 Å². The van der Waals surface area contributed by atoms with Crippen molar-refractivity contribution < 1.29 is 27.1 Å². The minimum atomic E-state index is -4.20. The maximum atomic E-state index is 15.7. The predicted octanol–water partition coefficient (Wildman–Crippen LogP) is 5.25. The van der Waals surface area contributed by atoms with E-state index in [0.29, 0.717) is 5.69 Å². The molecular formula is C30H28FN7O5S. The summed E-state index contributed by atoms with van der Waals surface area (Å²) in [7, 11) is -2.66. The van der Waals surface area contributed by atoms with Gasteiger partial charge in [-0.3, -0.25) is 9.78 Å². The second-order valence-corrected chi connectivity index (χ2v) is 12.5. The topological polar surface area (TPSA) is 149 Å². The summed E-state index contributed by atoms with van der Waals surface area (Å²) in [5, 5.41) is 2.90. The molecule has 1 N–H and O–H groups in total. The van der Waals surface area contributed by atoms with Crippen molar-refractivity contribution in [3.63, 3.8) is 0 Å². The van der Waals surface area contributed by atoms with Crippen LogP contribution >= 0.6 is 0 Å². The van der Waals surface area contributed by atoms with Gasteiger partial charge in [-0.05, 0) is 64.1 Å². The highest BCUT2D eigenvalue weighted by molar-refractivity contribution is 7.90. The summed E-state index contributed by atoms with van der Waals surface area (Å²) in [5.41, 5.74) is -0.642. The third kappa shape index (κ3) is 5.71. The van der Waals surface area contributed by atoms with Gasteiger partial charge in [-0.25, -0.2) is 37.0 Å². The van der Waals surface area contributed by atoms with Crippen LogP contribution < -0.4 is 10.2 Å². The van der Waals surface area contributed by atoms with Crippen molar-refractivity contribution in [1.29, 1.82) is 0 Å². The van der Waals surface area contributed by atoms with Crippen LogP contribution in [0.4, 0.5) is 26.5 Å². The molecule has 0 saturated carbocycles. The van der Waals surface area contributed by atoms with Gasteiger partial charge in [-0.1, -0.05) is 18.2 Å². The molecule has 0 fully saturated rings. The molecule has 0 saturated heterocycles. The van der Waals surface area contributed by atoms with E-state index in [0.717, 1.165) is 27.5 Å². The van der Waals surface area contributed by atoms with Gasteiger partial charge in [0.25, 0.3) is 10.0 Å². The third-order valence-electron chi connectivity index (χ3n) is 6.37. The Balaban J connectivity index is 1.62. The molecule has 4 heterocycles. The first-order valence-electron chi connectivity index (χ1n) is 13.3. The first-order valence-corrected chi connectivity index (χ1v) is 14.8. The molecule has 226 valence electrons. The number of hydrogen-bond acceptors (Lipinski definition) is 10. The molecule has 4 aromatic heterocycles. The van der Waals surface area contributed by atoms with Gasteiger partial charge in [0.2, 0.25) is 5.95 Å². The van der Waals surface area contributed by atoms with Gasteiger partial charge in [0.1, 0.15) is 23.6 Å². The van der Waals surface area contributed by atoms with Gasteiger partial charge in [0.05, 0.1) is 33.3 Å². The number of amides is 1. The molecule has 0 radical (unpaired) electrons. The number of benzene rings is 1. The fourth-order valence-corrected chi connectivity index (χ4v) is 5.72. The highest BCUT2D eigenvalue weighted by atomic mass is 32.2. The summed E-state index contributed by atoms with van der Waals surface area (Å²) in [5.74, 6) is -2.07. The van der Waals surface area contributed by atoms with Gasteiger partial charge in [0, 0.05) is 18.9 Å². The van der Waals surface area contributed by atoms with Crippen LogP contribution in [-0.4, -0.2) is 56.9 Å². The summed E-state index contributed by atoms with van der Waals surface area (Å²) in [6.45, 7) is 6.82. The van der Waals surface area contributed by atoms with Crippen LogP contribution in [0, 0.1) is 12.9 Å². The normalized spacial score (nSPS) is 11.8. The molecule has 0 aliphatic carbocycles. The van der Waals surface area contributed by atoms with Crippen molar-refractivity contribution in [3.05, 3.63) is 96.1 Å². The van der Waals surface area contributed by atoms with Gasteiger partial charge < -0.3 is 10.1 Å². The Bertz CT molecular complexity index is 1990. The number of aryl methyl sites for hydroxylation is 1. The quantitative estimate of drug-likeness (QED) is 0.189. The number of ketones is 1. The van der Waals surface area contributed by atoms with E-state index in [1.54, 1.807) is 65.1 Å². The number of pyridine rings is 2. The lowest BCUT2D eigenvalue weighted by Gasteiger charge is -2.26. The SMILES string of the molecule is CNc1ncnc2c1c(C(=O)c1ccc(N(C(=O)OC(C)(C)C)c3ccc(C)nc3)nc1F)cn2S(=O)(=O)c1ccccc1. The molecule has 1 amide bonds. The lowest BCUT2D eigenvalue weighted by atomic mass is 10.0. The van der Waals surface area contributed by atoms with E-state index in [-0.39, 0.29) is 38.8 Å². The number of nitrogens with zero attached hydrogens (tertiary/aromatic N) is 6. The first kappa shape index (κ1) is 30.2. The van der Waals surface area contributed by atoms with E-state index in [2.05, 4.69) is 25.3 Å². The van der Waals surface area contributed by atoms with E-state index in [1.807, 2.05) is 0 Å². The van der Waals surface area contributed by atoms with Crippen LogP contribution in [-0.2, 0) is 14.8 Å². The molecule has 0 atom stereocenters. The summed E-state index contributed by atoms with van der Waals surface area (Å²) in [6, 6.07) is 13.3. The molecular weight excluding hydrogens is 589 g/mol. The molecule has 0 spiro atoms. The minimum absolute atomic E-state index is 0.0365. The van der Waals surface area contributed by atoms with E-state index < -0.39 is 39.0 Å². The number of halogens is 1. The van der Waals surface area contributed by atoms with Crippen LogP contribution in [0.25, 0.3) is 11.0 Å². The third-order valence-corrected chi connectivity index (χ3v) is 8.04. The Kier molecular flexibility index (Phi) is 7.86. The number of ether oxygens (including phenoxy) is 1. The summed E-state index contributed by atoms with van der Waals surface area (Å²) in [6.07, 6.45) is 2.82. The zero-order valence-electron chi connectivity index (χ0n) is 24.4. The van der Waals surface area contributed by atoms with Crippen LogP contribution in [0.15, 0.2) is 78.2 Å². The van der Waals surface area contributed by atoms with Gasteiger partial charge in [-0.2, -0.15) is 4.39 Å². The summed E-state index contributed by atoms with van der Waals surface area (Å²) >= 11 is 0. The number of fused-ring (bicyclic) bond motifs is 1. The van der Waals surface area contributed by atoms with E-state index in [1.165, 1.54) is 24.4 Å². The second kappa shape index (κ2) is 11.4. The Morgan fingerprint density at radius 1 is 0.977 bits per heavy atom. The lowest BCUT2D eigenvalue weighted by Crippen LogP contribution is -2.34. The molecule has 12 nitrogen and oxygen atoms in total. The second-order valence-electron chi connectivity index (χ2n) is 10.6. The largest absolute Gasteiger partial charge is 0.443 e. The minimum Gasteiger partial charge on any atom is -0.443 e. The van der Waals surface area contributed by atoms with Crippen molar-refractivity contribution in [3.8, 4) is 0 Å². The van der Waals surface area contributed by atoms with E-state index >= 15 is 4.39 Å². The average molecular weight is 618 g/mol. The molecule has 14 heteroatoms. The number of carbonyl (C=O) groups excluding carboxylic acids is 2. The van der Waals surface area contributed by atoms with Crippen LogP contribution in [0.2, 0.25) is 0 Å². The fraction of sp³-hybridized carbons (Fsp3) is 0.200. The average Bonchev–Trinajstić information content (AvgIpc) is 3.38. The standard InChI is InChI=1S/C30H28FN7O5S/c1-18-11-12-19(15-33-18)38(29(40)43-30(2,3)4)23-14-13-21(26(31)36-23)25(39)22-16-37(28-24(22)27(32-5)34-17-35-28)44(41,42)20-9-7-6-8-10-20/h6-17H,1-5H3,(H,32,34,35). The van der Waals surface area contributed by atoms with Crippen molar-refractivity contribution in [2.75, 3.05) is 17.3 Å². The Labute approximate surface area is 252 Å². The number of anilines is 3. The van der Waals surface area contributed by atoms with E-state index in [4.69, 9.17) is 4.74 Å². The van der Waals surface area contributed by atoms with Crippen molar-refractivity contribution in [1.82, 2.24) is 23.9 Å². The number of rotatable bonds is 7. The molecule has 44 heavy (non-hydrogen) atoms. The predicted molar refractivity (Wildman–Crippen MR) is 161 cm³/mol. The first-order chi connectivity index (χ1) is 20.8. The number of hydrogen-bond donors (Lipinski definition) is 1. The summed E-state index contributed by atoms with van der Waals surface area (Å²) in [4.78, 5) is 44.4. The summed E-state index contributed by atoms with van der Waals surface area (Å²) < 4.78 is 49.2. The molecule has 1 aromatic carbocycles. The van der Waals surface area contributed by atoms with Crippen molar-refractivity contribution >= 4 is 50.3 Å². The zero-order chi connectivity index (χ0) is 31.8. The Morgan fingerprint density at radius 3 is 2.32 bits per heavy atom. The molecule has 0 aliphatic rings. The van der Waals surface area contributed by atoms with Gasteiger partial charge in [-0.15, -0.1) is 0 Å². The highest BCUT2D eigenvalue weighted by Gasteiger charge is 2.31. The smallest absolute Gasteiger partial charge is 0.420 e. The fourth-order valence-electron chi connectivity index (χ4n) is 4.38. The molecule has 5 rings (SSSR count). The van der Waals surface area contributed by atoms with E-state index in [9.17, 15) is 18.0 Å². The van der Waals surface area contributed by atoms with Crippen molar-refractivity contribution in [2.45, 2.75) is 38.2 Å². The molecule has 0 unspecified atom stereocenters. The lowest BCUT2D eigenvalue weighted by molar-refractivity contribution is 0.0598. The number of nitrogens with one attached hydrogen (secondary N) is 1.